The molecule has 0 aromatic rings. The Balaban J connectivity index is 1.99. The predicted molar refractivity (Wildman–Crippen MR) is 68.5 cm³/mol. The van der Waals surface area contributed by atoms with Gasteiger partial charge in [-0.1, -0.05) is 26.0 Å². The van der Waals surface area contributed by atoms with Gasteiger partial charge in [0.2, 0.25) is 5.91 Å². The summed E-state index contributed by atoms with van der Waals surface area (Å²) in [5, 5.41) is 2.86. The molecule has 1 aliphatic carbocycles. The molecule has 98 valence electrons. The summed E-state index contributed by atoms with van der Waals surface area (Å²) < 4.78 is 5.42. The molecule has 1 amide bonds. The number of nitrogens with two attached hydrogens (primary N) is 1. The largest absolute Gasteiger partial charge is 0.380 e. The number of ether oxygens (including phenoxy) is 1. The number of amides is 1. The lowest BCUT2D eigenvalue weighted by molar-refractivity contribution is -0.123. The predicted octanol–water partition coefficient (Wildman–Crippen LogP) is 1.07. The van der Waals surface area contributed by atoms with Crippen LogP contribution < -0.4 is 11.1 Å². The summed E-state index contributed by atoms with van der Waals surface area (Å²) in [4.78, 5) is 11.7. The molecule has 2 unspecified atom stereocenters. The van der Waals surface area contributed by atoms with E-state index >= 15 is 0 Å². The van der Waals surface area contributed by atoms with Crippen LogP contribution in [0, 0.1) is 11.8 Å². The number of carbonyl (C=O) groups excluding carboxylic acids is 1. The van der Waals surface area contributed by atoms with Gasteiger partial charge in [0.15, 0.2) is 0 Å². The number of hydrogen-bond acceptors (Lipinski definition) is 3. The van der Waals surface area contributed by atoms with Gasteiger partial charge < -0.3 is 15.8 Å². The fourth-order valence-electron chi connectivity index (χ4n) is 1.72. The van der Waals surface area contributed by atoms with Crippen LogP contribution in [0.5, 0.6) is 0 Å². The van der Waals surface area contributed by atoms with E-state index in [0.717, 1.165) is 19.4 Å². The molecule has 17 heavy (non-hydrogen) atoms. The van der Waals surface area contributed by atoms with Gasteiger partial charge in [0.25, 0.3) is 0 Å². The maximum atomic E-state index is 11.7. The van der Waals surface area contributed by atoms with E-state index in [1.165, 1.54) is 0 Å². The van der Waals surface area contributed by atoms with Crippen LogP contribution in [0.1, 0.15) is 26.7 Å². The van der Waals surface area contributed by atoms with E-state index in [-0.39, 0.29) is 17.9 Å². The van der Waals surface area contributed by atoms with Crippen LogP contribution in [0.2, 0.25) is 0 Å². The van der Waals surface area contributed by atoms with E-state index < -0.39 is 0 Å². The van der Waals surface area contributed by atoms with Crippen molar-refractivity contribution in [1.82, 2.24) is 5.32 Å². The second-order valence-electron chi connectivity index (χ2n) is 4.98. The SMILES string of the molecule is CC(C)CCOCCNC(=O)C1C=CC(N)C1. The fraction of sp³-hybridized carbons (Fsp3) is 0.769. The zero-order valence-corrected chi connectivity index (χ0v) is 10.8. The van der Waals surface area contributed by atoms with Crippen molar-refractivity contribution < 1.29 is 9.53 Å². The monoisotopic (exact) mass is 240 g/mol. The normalized spacial score (nSPS) is 23.3. The van der Waals surface area contributed by atoms with Gasteiger partial charge in [-0.05, 0) is 18.8 Å². The van der Waals surface area contributed by atoms with Gasteiger partial charge >= 0.3 is 0 Å². The van der Waals surface area contributed by atoms with Crippen molar-refractivity contribution in [2.75, 3.05) is 19.8 Å². The highest BCUT2D eigenvalue weighted by atomic mass is 16.5. The highest BCUT2D eigenvalue weighted by molar-refractivity contribution is 5.81. The molecule has 0 heterocycles. The highest BCUT2D eigenvalue weighted by Crippen LogP contribution is 2.15. The third-order valence-corrected chi connectivity index (χ3v) is 2.84. The summed E-state index contributed by atoms with van der Waals surface area (Å²) in [5.41, 5.74) is 5.69. The van der Waals surface area contributed by atoms with Crippen LogP contribution in [0.3, 0.4) is 0 Å². The first kappa shape index (κ1) is 14.2. The maximum absolute atomic E-state index is 11.7. The summed E-state index contributed by atoms with van der Waals surface area (Å²) in [6.07, 6.45) is 5.57. The summed E-state index contributed by atoms with van der Waals surface area (Å²) >= 11 is 0. The van der Waals surface area contributed by atoms with Gasteiger partial charge in [0.1, 0.15) is 0 Å². The number of carbonyl (C=O) groups is 1. The topological polar surface area (TPSA) is 64.3 Å². The summed E-state index contributed by atoms with van der Waals surface area (Å²) in [6.45, 7) is 6.26. The molecule has 0 aliphatic heterocycles. The molecule has 0 radical (unpaired) electrons. The van der Waals surface area contributed by atoms with Crippen molar-refractivity contribution >= 4 is 5.91 Å². The molecule has 1 aliphatic rings. The molecule has 0 fully saturated rings. The van der Waals surface area contributed by atoms with E-state index in [2.05, 4.69) is 19.2 Å². The first-order chi connectivity index (χ1) is 8.09. The van der Waals surface area contributed by atoms with Gasteiger partial charge in [-0.2, -0.15) is 0 Å². The summed E-state index contributed by atoms with van der Waals surface area (Å²) in [5.74, 6) is 0.664. The fourth-order valence-corrected chi connectivity index (χ4v) is 1.72. The molecule has 0 aromatic carbocycles. The highest BCUT2D eigenvalue weighted by Gasteiger charge is 2.21. The molecule has 4 heteroatoms. The standard InChI is InChI=1S/C13H24N2O2/c1-10(2)5-7-17-8-6-15-13(16)11-3-4-12(14)9-11/h3-4,10-12H,5-9,14H2,1-2H3,(H,15,16). The molecule has 0 saturated carbocycles. The third-order valence-electron chi connectivity index (χ3n) is 2.84. The van der Waals surface area contributed by atoms with Crippen LogP contribution >= 0.6 is 0 Å². The molecular weight excluding hydrogens is 216 g/mol. The van der Waals surface area contributed by atoms with Gasteiger partial charge in [-0.25, -0.2) is 0 Å². The molecular formula is C13H24N2O2. The Bertz CT molecular complexity index is 264. The van der Waals surface area contributed by atoms with Crippen LogP contribution in [0.4, 0.5) is 0 Å². The Morgan fingerprint density at radius 1 is 1.47 bits per heavy atom. The van der Waals surface area contributed by atoms with Crippen molar-refractivity contribution in [3.8, 4) is 0 Å². The number of hydrogen-bond donors (Lipinski definition) is 2. The Morgan fingerprint density at radius 3 is 2.82 bits per heavy atom. The van der Waals surface area contributed by atoms with Crippen LogP contribution in [-0.2, 0) is 9.53 Å². The lowest BCUT2D eigenvalue weighted by atomic mass is 10.1. The van der Waals surface area contributed by atoms with E-state index in [9.17, 15) is 4.79 Å². The van der Waals surface area contributed by atoms with E-state index in [4.69, 9.17) is 10.5 Å². The van der Waals surface area contributed by atoms with Crippen molar-refractivity contribution in [3.05, 3.63) is 12.2 Å². The second-order valence-corrected chi connectivity index (χ2v) is 4.98. The molecule has 0 saturated heterocycles. The minimum Gasteiger partial charge on any atom is -0.380 e. The van der Waals surface area contributed by atoms with Gasteiger partial charge in [-0.3, -0.25) is 4.79 Å². The van der Waals surface area contributed by atoms with Crippen LogP contribution in [0.15, 0.2) is 12.2 Å². The Labute approximate surface area is 104 Å². The zero-order valence-electron chi connectivity index (χ0n) is 10.8. The van der Waals surface area contributed by atoms with Gasteiger partial charge in [0.05, 0.1) is 12.5 Å². The van der Waals surface area contributed by atoms with E-state index in [1.54, 1.807) is 0 Å². The summed E-state index contributed by atoms with van der Waals surface area (Å²) in [7, 11) is 0. The molecule has 2 atom stereocenters. The van der Waals surface area contributed by atoms with E-state index in [1.807, 2.05) is 12.2 Å². The molecule has 3 N–H and O–H groups in total. The number of nitrogens with one attached hydrogen (secondary N) is 1. The van der Waals surface area contributed by atoms with Crippen molar-refractivity contribution in [2.45, 2.75) is 32.7 Å². The third kappa shape index (κ3) is 5.84. The van der Waals surface area contributed by atoms with Crippen molar-refractivity contribution in [3.63, 3.8) is 0 Å². The van der Waals surface area contributed by atoms with Crippen molar-refractivity contribution in [1.29, 1.82) is 0 Å². The number of rotatable bonds is 7. The Kier molecular flexibility index (Phi) is 6.22. The Morgan fingerprint density at radius 2 is 2.24 bits per heavy atom. The minimum atomic E-state index is -0.0549. The molecule has 1 rings (SSSR count). The first-order valence-corrected chi connectivity index (χ1v) is 6.39. The maximum Gasteiger partial charge on any atom is 0.227 e. The van der Waals surface area contributed by atoms with Crippen molar-refractivity contribution in [2.24, 2.45) is 17.6 Å². The first-order valence-electron chi connectivity index (χ1n) is 6.39. The lowest BCUT2D eigenvalue weighted by Gasteiger charge is -2.11. The quantitative estimate of drug-likeness (QED) is 0.517. The molecule has 0 bridgehead atoms. The van der Waals surface area contributed by atoms with Crippen LogP contribution in [-0.4, -0.2) is 31.7 Å². The van der Waals surface area contributed by atoms with Gasteiger partial charge in [0, 0.05) is 19.2 Å². The zero-order chi connectivity index (χ0) is 12.7. The Hall–Kier alpha value is -0.870. The summed E-state index contributed by atoms with van der Waals surface area (Å²) in [6, 6.07) is 0.0352. The molecule has 4 nitrogen and oxygen atoms in total. The molecule has 0 spiro atoms. The average Bonchev–Trinajstić information content (AvgIpc) is 2.69. The van der Waals surface area contributed by atoms with Gasteiger partial charge in [-0.15, -0.1) is 0 Å². The van der Waals surface area contributed by atoms with Crippen LogP contribution in [0.25, 0.3) is 0 Å². The lowest BCUT2D eigenvalue weighted by Crippen LogP contribution is -2.33. The smallest absolute Gasteiger partial charge is 0.227 e. The minimum absolute atomic E-state index is 0.0352. The second kappa shape index (κ2) is 7.45. The average molecular weight is 240 g/mol. The van der Waals surface area contributed by atoms with E-state index in [0.29, 0.717) is 19.1 Å². The molecule has 0 aromatic heterocycles.